The minimum absolute atomic E-state index is 0.0936. The molecule has 38 heavy (non-hydrogen) atoms. The normalized spacial score (nSPS) is 11.3. The molecule has 0 saturated carbocycles. The molecule has 3 rings (SSSR count). The minimum atomic E-state index is -0.493. The number of carbonyl (C=O) groups excluding carboxylic acids is 3. The predicted molar refractivity (Wildman–Crippen MR) is 143 cm³/mol. The van der Waals surface area contributed by atoms with Gasteiger partial charge in [-0.15, -0.1) is 0 Å². The molecule has 0 radical (unpaired) electrons. The topological polar surface area (TPSA) is 105 Å². The Bertz CT molecular complexity index is 1220. The van der Waals surface area contributed by atoms with Gasteiger partial charge in [-0.3, -0.25) is 19.2 Å². The number of carbonyl (C=O) groups is 3. The van der Waals surface area contributed by atoms with Gasteiger partial charge < -0.3 is 15.1 Å². The molecule has 2 aromatic carbocycles. The van der Waals surface area contributed by atoms with E-state index in [1.165, 1.54) is 0 Å². The van der Waals surface area contributed by atoms with Gasteiger partial charge in [-0.2, -0.15) is 0 Å². The Kier molecular flexibility index (Phi) is 11.1. The zero-order valence-corrected chi connectivity index (χ0v) is 21.4. The Labute approximate surface area is 222 Å². The molecular weight excluding hydrogens is 484 g/mol. The van der Waals surface area contributed by atoms with Gasteiger partial charge in [-0.1, -0.05) is 80.8 Å². The van der Waals surface area contributed by atoms with Crippen LogP contribution in [0.5, 0.6) is 0 Å². The third-order valence-electron chi connectivity index (χ3n) is 5.91. The van der Waals surface area contributed by atoms with Gasteiger partial charge in [0.15, 0.2) is 11.4 Å². The highest BCUT2D eigenvalue weighted by Crippen LogP contribution is 2.24. The fourth-order valence-electron chi connectivity index (χ4n) is 3.78. The fraction of sp³-hybridized carbons (Fsp3) is 0.310. The number of hydrogen-bond acceptors (Lipinski definition) is 5. The fourth-order valence-corrected chi connectivity index (χ4v) is 3.78. The van der Waals surface area contributed by atoms with Crippen LogP contribution in [0.1, 0.15) is 48.7 Å². The summed E-state index contributed by atoms with van der Waals surface area (Å²) in [5.74, 6) is -0.650. The summed E-state index contributed by atoms with van der Waals surface area (Å²) in [6.45, 7) is 9.34. The van der Waals surface area contributed by atoms with Crippen molar-refractivity contribution in [3.8, 4) is 11.3 Å². The standard InChI is InChI=1S/C29H32N4O5/c1-3-4-6-11-24(18-33(21-34)37-19-22-9-7-5-8-10-22)28(35)31-20-32-29(36)27-17-16-26(38-27)23-12-14-25(30-2)15-13-23/h5,7-10,12-17,21,24H,3-4,6,11,18-20H2,1H3,(H,31,35)(H,32,36)/t24-/m1/s1. The molecule has 0 bridgehead atoms. The van der Waals surface area contributed by atoms with Crippen molar-refractivity contribution < 1.29 is 23.6 Å². The van der Waals surface area contributed by atoms with Gasteiger partial charge in [0.1, 0.15) is 12.4 Å². The Hall–Kier alpha value is -4.42. The van der Waals surface area contributed by atoms with Crippen molar-refractivity contribution in [2.75, 3.05) is 13.2 Å². The van der Waals surface area contributed by atoms with E-state index in [-0.39, 0.29) is 31.5 Å². The van der Waals surface area contributed by atoms with Crippen molar-refractivity contribution in [1.29, 1.82) is 0 Å². The lowest BCUT2D eigenvalue weighted by atomic mass is 10.0. The molecule has 1 atom stereocenters. The van der Waals surface area contributed by atoms with E-state index >= 15 is 0 Å². The smallest absolute Gasteiger partial charge is 0.288 e. The predicted octanol–water partition coefficient (Wildman–Crippen LogP) is 5.09. The van der Waals surface area contributed by atoms with E-state index in [2.05, 4.69) is 22.4 Å². The second-order valence-electron chi connectivity index (χ2n) is 8.70. The molecule has 0 fully saturated rings. The molecular formula is C29H32N4O5. The monoisotopic (exact) mass is 516 g/mol. The Morgan fingerprint density at radius 3 is 2.50 bits per heavy atom. The van der Waals surface area contributed by atoms with E-state index < -0.39 is 11.8 Å². The molecule has 0 unspecified atom stereocenters. The Morgan fingerprint density at radius 2 is 1.82 bits per heavy atom. The molecule has 0 aliphatic carbocycles. The zero-order valence-electron chi connectivity index (χ0n) is 21.4. The van der Waals surface area contributed by atoms with Crippen LogP contribution in [0.15, 0.2) is 71.1 Å². The quantitative estimate of drug-likeness (QED) is 0.0963. The van der Waals surface area contributed by atoms with Crippen LogP contribution in [0, 0.1) is 12.5 Å². The maximum Gasteiger partial charge on any atom is 0.288 e. The summed E-state index contributed by atoms with van der Waals surface area (Å²) in [4.78, 5) is 46.0. The summed E-state index contributed by atoms with van der Waals surface area (Å²) in [5, 5.41) is 6.51. The molecule has 0 spiro atoms. The van der Waals surface area contributed by atoms with Gasteiger partial charge in [-0.25, -0.2) is 9.91 Å². The highest BCUT2D eigenvalue weighted by Gasteiger charge is 2.22. The lowest BCUT2D eigenvalue weighted by molar-refractivity contribution is -0.182. The van der Waals surface area contributed by atoms with E-state index in [4.69, 9.17) is 15.8 Å². The van der Waals surface area contributed by atoms with E-state index in [0.29, 0.717) is 24.3 Å². The van der Waals surface area contributed by atoms with Crippen LogP contribution >= 0.6 is 0 Å². The number of benzene rings is 2. The van der Waals surface area contributed by atoms with E-state index in [1.807, 2.05) is 30.3 Å². The summed E-state index contributed by atoms with van der Waals surface area (Å²) >= 11 is 0. The average molecular weight is 517 g/mol. The van der Waals surface area contributed by atoms with E-state index in [9.17, 15) is 14.4 Å². The maximum absolute atomic E-state index is 12.9. The molecule has 3 aromatic rings. The molecule has 1 heterocycles. The molecule has 3 amide bonds. The van der Waals surface area contributed by atoms with Crippen molar-refractivity contribution in [3.05, 3.63) is 89.5 Å². The van der Waals surface area contributed by atoms with Gasteiger partial charge in [-0.05, 0) is 24.1 Å². The second-order valence-corrected chi connectivity index (χ2v) is 8.70. The van der Waals surface area contributed by atoms with E-state index in [0.717, 1.165) is 35.5 Å². The van der Waals surface area contributed by atoms with Crippen LogP contribution < -0.4 is 10.6 Å². The summed E-state index contributed by atoms with van der Waals surface area (Å²) in [7, 11) is 0. The number of nitrogens with one attached hydrogen (secondary N) is 2. The van der Waals surface area contributed by atoms with Crippen molar-refractivity contribution >= 4 is 23.9 Å². The Morgan fingerprint density at radius 1 is 1.05 bits per heavy atom. The second kappa shape index (κ2) is 15.0. The first-order valence-electron chi connectivity index (χ1n) is 12.6. The molecule has 2 N–H and O–H groups in total. The van der Waals surface area contributed by atoms with Crippen LogP contribution in [-0.2, 0) is 21.0 Å². The number of furan rings is 1. The third-order valence-corrected chi connectivity index (χ3v) is 5.91. The number of hydrogen-bond donors (Lipinski definition) is 2. The highest BCUT2D eigenvalue weighted by molar-refractivity contribution is 5.92. The highest BCUT2D eigenvalue weighted by atomic mass is 16.7. The SMILES string of the molecule is [C-]#[N+]c1ccc(-c2ccc(C(=O)NCNC(=O)[C@H](CCCCC)CN(C=O)OCc3ccccc3)o2)cc1. The van der Waals surface area contributed by atoms with Gasteiger partial charge in [0.25, 0.3) is 5.91 Å². The largest absolute Gasteiger partial charge is 0.451 e. The molecule has 198 valence electrons. The van der Waals surface area contributed by atoms with Crippen molar-refractivity contribution in [3.63, 3.8) is 0 Å². The van der Waals surface area contributed by atoms with Crippen molar-refractivity contribution in [2.45, 2.75) is 39.2 Å². The molecule has 0 aliphatic rings. The summed E-state index contributed by atoms with van der Waals surface area (Å²) in [5.41, 5.74) is 2.17. The van der Waals surface area contributed by atoms with Crippen LogP contribution in [0.2, 0.25) is 0 Å². The van der Waals surface area contributed by atoms with Crippen molar-refractivity contribution in [2.24, 2.45) is 5.92 Å². The molecule has 1 aromatic heterocycles. The average Bonchev–Trinajstić information content (AvgIpc) is 3.45. The third kappa shape index (κ3) is 8.61. The first-order valence-corrected chi connectivity index (χ1v) is 12.6. The minimum Gasteiger partial charge on any atom is -0.451 e. The van der Waals surface area contributed by atoms with Gasteiger partial charge in [0.2, 0.25) is 12.3 Å². The molecule has 9 heteroatoms. The number of nitrogens with zero attached hydrogens (tertiary/aromatic N) is 2. The lowest BCUT2D eigenvalue weighted by Crippen LogP contribution is -2.43. The number of amides is 3. The van der Waals surface area contributed by atoms with Crippen LogP contribution in [-0.4, -0.2) is 36.5 Å². The first kappa shape index (κ1) is 28.2. The van der Waals surface area contributed by atoms with Gasteiger partial charge in [0.05, 0.1) is 25.7 Å². The van der Waals surface area contributed by atoms with Gasteiger partial charge in [0, 0.05) is 5.56 Å². The van der Waals surface area contributed by atoms with Gasteiger partial charge >= 0.3 is 0 Å². The number of rotatable bonds is 15. The van der Waals surface area contributed by atoms with Crippen molar-refractivity contribution in [1.82, 2.24) is 15.7 Å². The molecule has 0 saturated heterocycles. The summed E-state index contributed by atoms with van der Waals surface area (Å²) in [6, 6.07) is 19.5. The summed E-state index contributed by atoms with van der Waals surface area (Å²) in [6.07, 6.45) is 3.96. The van der Waals surface area contributed by atoms with E-state index in [1.54, 1.807) is 36.4 Å². The number of unbranched alkanes of at least 4 members (excludes halogenated alkanes) is 2. The molecule has 0 aliphatic heterocycles. The molecule has 9 nitrogen and oxygen atoms in total. The maximum atomic E-state index is 12.9. The number of hydroxylamine groups is 2. The zero-order chi connectivity index (χ0) is 27.2. The van der Waals surface area contributed by atoms with Crippen LogP contribution in [0.4, 0.5) is 5.69 Å². The van der Waals surface area contributed by atoms with Crippen LogP contribution in [0.25, 0.3) is 16.2 Å². The summed E-state index contributed by atoms with van der Waals surface area (Å²) < 4.78 is 5.64. The van der Waals surface area contributed by atoms with Crippen LogP contribution in [0.3, 0.4) is 0 Å². The Balaban J connectivity index is 1.51. The first-order chi connectivity index (χ1) is 18.5. The lowest BCUT2D eigenvalue weighted by Gasteiger charge is -2.23.